The summed E-state index contributed by atoms with van der Waals surface area (Å²) in [4.78, 5) is 26.1. The summed E-state index contributed by atoms with van der Waals surface area (Å²) in [6, 6.07) is 25.1. The van der Waals surface area contributed by atoms with Gasteiger partial charge in [-0.2, -0.15) is 0 Å². The lowest BCUT2D eigenvalue weighted by molar-refractivity contribution is -0.123. The molecule has 0 atom stereocenters. The van der Waals surface area contributed by atoms with Gasteiger partial charge in [0.2, 0.25) is 0 Å². The summed E-state index contributed by atoms with van der Waals surface area (Å²) >= 11 is 3.38. The standard InChI is InChI=1S/C23H17BrN2O2/c24-20-12-8-17(9-13-20)15-26-22(27)21(25-23(26)28)14-16-6-10-19(11-7-16)18-4-2-1-3-5-18/h1-14H,15H2,(H,25,28). The number of rotatable bonds is 4. The van der Waals surface area contributed by atoms with Crippen LogP contribution in [0.3, 0.4) is 0 Å². The van der Waals surface area contributed by atoms with Crippen molar-refractivity contribution in [1.29, 1.82) is 0 Å². The van der Waals surface area contributed by atoms with Crippen LogP contribution >= 0.6 is 15.9 Å². The van der Waals surface area contributed by atoms with Gasteiger partial charge in [-0.05, 0) is 40.5 Å². The molecule has 0 spiro atoms. The zero-order valence-corrected chi connectivity index (χ0v) is 16.5. The predicted molar refractivity (Wildman–Crippen MR) is 113 cm³/mol. The van der Waals surface area contributed by atoms with E-state index in [4.69, 9.17) is 0 Å². The van der Waals surface area contributed by atoms with E-state index in [2.05, 4.69) is 21.2 Å². The maximum atomic E-state index is 12.6. The second kappa shape index (κ2) is 7.82. The number of hydrogen-bond acceptors (Lipinski definition) is 2. The normalized spacial score (nSPS) is 15.2. The molecule has 28 heavy (non-hydrogen) atoms. The van der Waals surface area contributed by atoms with Gasteiger partial charge in [0.15, 0.2) is 0 Å². The van der Waals surface area contributed by atoms with Gasteiger partial charge in [-0.1, -0.05) is 82.7 Å². The molecule has 5 heteroatoms. The Morgan fingerprint density at radius 1 is 0.821 bits per heavy atom. The molecule has 1 heterocycles. The van der Waals surface area contributed by atoms with Crippen LogP contribution in [0.25, 0.3) is 17.2 Å². The van der Waals surface area contributed by atoms with Crippen LogP contribution in [0.15, 0.2) is 89.0 Å². The van der Waals surface area contributed by atoms with E-state index in [-0.39, 0.29) is 18.1 Å². The Bertz CT molecular complexity index is 1040. The van der Waals surface area contributed by atoms with Gasteiger partial charge in [0, 0.05) is 4.47 Å². The van der Waals surface area contributed by atoms with Crippen LogP contribution in [-0.2, 0) is 11.3 Å². The lowest BCUT2D eigenvalue weighted by Crippen LogP contribution is -2.30. The Morgan fingerprint density at radius 3 is 2.14 bits per heavy atom. The van der Waals surface area contributed by atoms with Crippen LogP contribution in [-0.4, -0.2) is 16.8 Å². The van der Waals surface area contributed by atoms with E-state index in [9.17, 15) is 9.59 Å². The van der Waals surface area contributed by atoms with Gasteiger partial charge in [-0.25, -0.2) is 4.79 Å². The molecule has 3 aromatic rings. The van der Waals surface area contributed by atoms with Gasteiger partial charge in [-0.3, -0.25) is 9.69 Å². The number of amides is 3. The van der Waals surface area contributed by atoms with Gasteiger partial charge < -0.3 is 5.32 Å². The molecule has 1 aliphatic heterocycles. The first kappa shape index (κ1) is 18.2. The maximum Gasteiger partial charge on any atom is 0.329 e. The molecule has 0 unspecified atom stereocenters. The van der Waals surface area contributed by atoms with E-state index in [0.29, 0.717) is 0 Å². The van der Waals surface area contributed by atoms with Crippen molar-refractivity contribution in [2.75, 3.05) is 0 Å². The third-order valence-electron chi connectivity index (χ3n) is 4.55. The number of halogens is 1. The largest absolute Gasteiger partial charge is 0.329 e. The summed E-state index contributed by atoms with van der Waals surface area (Å²) in [5.74, 6) is -0.319. The van der Waals surface area contributed by atoms with Gasteiger partial charge >= 0.3 is 6.03 Å². The number of urea groups is 1. The number of carbonyl (C=O) groups is 2. The molecule has 3 amide bonds. The SMILES string of the molecule is O=C1NC(=Cc2ccc(-c3ccccc3)cc2)C(=O)N1Cc1ccc(Br)cc1. The Balaban J connectivity index is 1.51. The number of carbonyl (C=O) groups excluding carboxylic acids is 2. The summed E-state index contributed by atoms with van der Waals surface area (Å²) in [6.07, 6.45) is 1.70. The molecule has 0 saturated carbocycles. The molecule has 1 fully saturated rings. The Hall–Kier alpha value is -3.18. The van der Waals surface area contributed by atoms with Crippen molar-refractivity contribution >= 4 is 33.9 Å². The molecule has 0 aromatic heterocycles. The lowest BCUT2D eigenvalue weighted by Gasteiger charge is -2.11. The molecule has 1 N–H and O–H groups in total. The second-order valence-corrected chi connectivity index (χ2v) is 7.41. The number of benzene rings is 3. The summed E-state index contributed by atoms with van der Waals surface area (Å²) in [6.45, 7) is 0.238. The first-order chi connectivity index (χ1) is 13.6. The number of nitrogens with zero attached hydrogens (tertiary/aromatic N) is 1. The highest BCUT2D eigenvalue weighted by Crippen LogP contribution is 2.22. The van der Waals surface area contributed by atoms with Gasteiger partial charge in [0.05, 0.1) is 6.54 Å². The van der Waals surface area contributed by atoms with Gasteiger partial charge in [0.1, 0.15) is 5.70 Å². The Labute approximate surface area is 171 Å². The van der Waals surface area contributed by atoms with Gasteiger partial charge in [0.25, 0.3) is 5.91 Å². The highest BCUT2D eigenvalue weighted by atomic mass is 79.9. The minimum absolute atomic E-state index is 0.238. The van der Waals surface area contributed by atoms with Crippen LogP contribution < -0.4 is 5.32 Å². The summed E-state index contributed by atoms with van der Waals surface area (Å²) in [7, 11) is 0. The second-order valence-electron chi connectivity index (χ2n) is 6.49. The minimum atomic E-state index is -0.403. The molecule has 1 aliphatic rings. The average molecular weight is 433 g/mol. The fraction of sp³-hybridized carbons (Fsp3) is 0.0435. The zero-order valence-electron chi connectivity index (χ0n) is 14.9. The van der Waals surface area contributed by atoms with E-state index in [1.807, 2.05) is 78.9 Å². The van der Waals surface area contributed by atoms with Crippen LogP contribution in [0, 0.1) is 0 Å². The van der Waals surface area contributed by atoms with Crippen LogP contribution in [0.5, 0.6) is 0 Å². The van der Waals surface area contributed by atoms with E-state index in [1.54, 1.807) is 6.08 Å². The fourth-order valence-corrected chi connectivity index (χ4v) is 3.32. The molecule has 0 aliphatic carbocycles. The summed E-state index contributed by atoms with van der Waals surface area (Å²) in [5, 5.41) is 2.67. The first-order valence-corrected chi connectivity index (χ1v) is 9.64. The van der Waals surface area contributed by atoms with E-state index >= 15 is 0 Å². The van der Waals surface area contributed by atoms with Crippen molar-refractivity contribution in [3.8, 4) is 11.1 Å². The maximum absolute atomic E-state index is 12.6. The molecule has 0 bridgehead atoms. The highest BCUT2D eigenvalue weighted by molar-refractivity contribution is 9.10. The lowest BCUT2D eigenvalue weighted by atomic mass is 10.0. The van der Waals surface area contributed by atoms with Crippen molar-refractivity contribution in [2.24, 2.45) is 0 Å². The molecule has 138 valence electrons. The monoisotopic (exact) mass is 432 g/mol. The number of nitrogens with one attached hydrogen (secondary N) is 1. The molecular formula is C23H17BrN2O2. The van der Waals surface area contributed by atoms with E-state index in [0.717, 1.165) is 26.7 Å². The summed E-state index contributed by atoms with van der Waals surface area (Å²) < 4.78 is 0.952. The van der Waals surface area contributed by atoms with Crippen LogP contribution in [0.2, 0.25) is 0 Å². The van der Waals surface area contributed by atoms with E-state index < -0.39 is 6.03 Å². The van der Waals surface area contributed by atoms with E-state index in [1.165, 1.54) is 4.90 Å². The Morgan fingerprint density at radius 2 is 1.46 bits per heavy atom. The van der Waals surface area contributed by atoms with Crippen LogP contribution in [0.1, 0.15) is 11.1 Å². The predicted octanol–water partition coefficient (Wildman–Crippen LogP) is 5.21. The Kier molecular flexibility index (Phi) is 5.08. The van der Waals surface area contributed by atoms with Crippen molar-refractivity contribution in [2.45, 2.75) is 6.54 Å². The molecule has 3 aromatic carbocycles. The minimum Gasteiger partial charge on any atom is -0.303 e. The topological polar surface area (TPSA) is 49.4 Å². The number of imide groups is 1. The fourth-order valence-electron chi connectivity index (χ4n) is 3.06. The highest BCUT2D eigenvalue weighted by Gasteiger charge is 2.33. The smallest absolute Gasteiger partial charge is 0.303 e. The van der Waals surface area contributed by atoms with Crippen molar-refractivity contribution < 1.29 is 9.59 Å². The average Bonchev–Trinajstić information content (AvgIpc) is 2.98. The number of hydrogen-bond donors (Lipinski definition) is 1. The van der Waals surface area contributed by atoms with Crippen molar-refractivity contribution in [3.05, 3.63) is 100 Å². The first-order valence-electron chi connectivity index (χ1n) is 8.84. The molecule has 1 saturated heterocycles. The van der Waals surface area contributed by atoms with Crippen LogP contribution in [0.4, 0.5) is 4.79 Å². The third-order valence-corrected chi connectivity index (χ3v) is 5.07. The molecule has 4 rings (SSSR count). The molecule has 0 radical (unpaired) electrons. The quantitative estimate of drug-likeness (QED) is 0.454. The molecular weight excluding hydrogens is 416 g/mol. The third kappa shape index (κ3) is 3.89. The van der Waals surface area contributed by atoms with Crippen molar-refractivity contribution in [3.63, 3.8) is 0 Å². The zero-order chi connectivity index (χ0) is 19.5. The van der Waals surface area contributed by atoms with Gasteiger partial charge in [-0.15, -0.1) is 0 Å². The summed E-state index contributed by atoms with van der Waals surface area (Å²) in [5.41, 5.74) is 4.26. The molecule has 4 nitrogen and oxygen atoms in total. The van der Waals surface area contributed by atoms with Crippen molar-refractivity contribution in [1.82, 2.24) is 10.2 Å².